The number of fused-ring (bicyclic) bond motifs is 3. The maximum absolute atomic E-state index is 13.1. The SMILES string of the molecule is O=C(CC[C@@H](O)CCC1Cc2ccccc2C1)c1ccc(C(=O)N2C3CCCC2COC3)cc1. The molecule has 2 aromatic carbocycles. The van der Waals surface area contributed by atoms with Crippen LogP contribution in [0.25, 0.3) is 0 Å². The number of carbonyl (C=O) groups is 2. The molecule has 5 rings (SSSR count). The third-order valence-corrected chi connectivity index (χ3v) is 7.92. The van der Waals surface area contributed by atoms with E-state index in [4.69, 9.17) is 4.74 Å². The molecule has 3 aliphatic rings. The van der Waals surface area contributed by atoms with E-state index in [0.717, 1.165) is 44.9 Å². The lowest BCUT2D eigenvalue weighted by atomic mass is 9.93. The van der Waals surface area contributed by atoms with Crippen LogP contribution in [0.5, 0.6) is 0 Å². The minimum Gasteiger partial charge on any atom is -0.393 e. The van der Waals surface area contributed by atoms with Crippen molar-refractivity contribution in [2.24, 2.45) is 5.92 Å². The molecule has 2 saturated heterocycles. The molecule has 5 nitrogen and oxygen atoms in total. The van der Waals surface area contributed by atoms with Crippen molar-refractivity contribution in [2.45, 2.75) is 76.0 Å². The first-order chi connectivity index (χ1) is 16.6. The van der Waals surface area contributed by atoms with Crippen molar-refractivity contribution in [3.8, 4) is 0 Å². The van der Waals surface area contributed by atoms with E-state index in [0.29, 0.717) is 43.1 Å². The second kappa shape index (κ2) is 10.4. The fourth-order valence-electron chi connectivity index (χ4n) is 5.98. The van der Waals surface area contributed by atoms with Crippen LogP contribution in [0.2, 0.25) is 0 Å². The number of carbonyl (C=O) groups excluding carboxylic acids is 2. The Morgan fingerprint density at radius 1 is 0.912 bits per heavy atom. The van der Waals surface area contributed by atoms with Crippen molar-refractivity contribution in [1.29, 1.82) is 0 Å². The van der Waals surface area contributed by atoms with E-state index in [9.17, 15) is 14.7 Å². The lowest BCUT2D eigenvalue weighted by molar-refractivity contribution is -0.0565. The molecule has 180 valence electrons. The van der Waals surface area contributed by atoms with E-state index < -0.39 is 6.10 Å². The summed E-state index contributed by atoms with van der Waals surface area (Å²) in [5.41, 5.74) is 4.12. The second-order valence-corrected chi connectivity index (χ2v) is 10.3. The molecule has 3 atom stereocenters. The predicted molar refractivity (Wildman–Crippen MR) is 131 cm³/mol. The number of hydrogen-bond acceptors (Lipinski definition) is 4. The van der Waals surface area contributed by atoms with Gasteiger partial charge in [-0.05, 0) is 80.5 Å². The lowest BCUT2D eigenvalue weighted by Crippen LogP contribution is -2.57. The zero-order valence-electron chi connectivity index (χ0n) is 19.8. The molecule has 0 aromatic heterocycles. The van der Waals surface area contributed by atoms with Crippen molar-refractivity contribution in [3.63, 3.8) is 0 Å². The van der Waals surface area contributed by atoms with Crippen LogP contribution in [-0.4, -0.2) is 53.1 Å². The fourth-order valence-corrected chi connectivity index (χ4v) is 5.98. The largest absolute Gasteiger partial charge is 0.393 e. The Balaban J connectivity index is 1.08. The molecule has 1 N–H and O–H groups in total. The van der Waals surface area contributed by atoms with Crippen LogP contribution >= 0.6 is 0 Å². The van der Waals surface area contributed by atoms with Crippen LogP contribution in [0.1, 0.15) is 76.8 Å². The zero-order chi connectivity index (χ0) is 23.5. The molecule has 2 fully saturated rings. The Bertz CT molecular complexity index is 970. The minimum atomic E-state index is -0.450. The molecule has 1 aliphatic carbocycles. The number of nitrogens with zero attached hydrogens (tertiary/aromatic N) is 1. The highest BCUT2D eigenvalue weighted by atomic mass is 16.5. The number of rotatable bonds is 8. The maximum atomic E-state index is 13.1. The quantitative estimate of drug-likeness (QED) is 0.584. The first kappa shape index (κ1) is 23.3. The van der Waals surface area contributed by atoms with Gasteiger partial charge in [0.15, 0.2) is 5.78 Å². The molecular formula is C29H35NO4. The Kier molecular flexibility index (Phi) is 7.12. The average Bonchev–Trinajstić information content (AvgIpc) is 3.28. The van der Waals surface area contributed by atoms with Gasteiger partial charge in [-0.25, -0.2) is 0 Å². The number of aliphatic hydroxyl groups excluding tert-OH is 1. The molecule has 0 radical (unpaired) electrons. The second-order valence-electron chi connectivity index (χ2n) is 10.3. The summed E-state index contributed by atoms with van der Waals surface area (Å²) in [4.78, 5) is 27.8. The van der Waals surface area contributed by atoms with E-state index in [1.165, 1.54) is 11.1 Å². The Labute approximate surface area is 202 Å². The maximum Gasteiger partial charge on any atom is 0.254 e. The Morgan fingerprint density at radius 2 is 1.53 bits per heavy atom. The van der Waals surface area contributed by atoms with Gasteiger partial charge in [-0.3, -0.25) is 9.59 Å². The summed E-state index contributed by atoms with van der Waals surface area (Å²) in [5, 5.41) is 10.4. The molecule has 2 aliphatic heterocycles. The molecule has 34 heavy (non-hydrogen) atoms. The summed E-state index contributed by atoms with van der Waals surface area (Å²) in [5.74, 6) is 0.662. The van der Waals surface area contributed by atoms with E-state index in [2.05, 4.69) is 24.3 Å². The summed E-state index contributed by atoms with van der Waals surface area (Å²) >= 11 is 0. The van der Waals surface area contributed by atoms with Crippen molar-refractivity contribution >= 4 is 11.7 Å². The Morgan fingerprint density at radius 3 is 2.18 bits per heavy atom. The molecule has 2 heterocycles. The van der Waals surface area contributed by atoms with Crippen molar-refractivity contribution in [1.82, 2.24) is 4.90 Å². The number of aliphatic hydroxyl groups is 1. The number of Topliss-reactive ketones (excluding diaryl/α,β-unsaturated/α-hetero) is 1. The first-order valence-electron chi connectivity index (χ1n) is 12.9. The van der Waals surface area contributed by atoms with E-state index in [1.807, 2.05) is 4.90 Å². The molecule has 0 saturated carbocycles. The monoisotopic (exact) mass is 461 g/mol. The number of benzene rings is 2. The highest BCUT2D eigenvalue weighted by Gasteiger charge is 2.38. The summed E-state index contributed by atoms with van der Waals surface area (Å²) in [6.07, 6.45) is 7.42. The van der Waals surface area contributed by atoms with Gasteiger partial charge in [-0.2, -0.15) is 0 Å². The summed E-state index contributed by atoms with van der Waals surface area (Å²) in [7, 11) is 0. The van der Waals surface area contributed by atoms with Crippen LogP contribution in [0.4, 0.5) is 0 Å². The van der Waals surface area contributed by atoms with Gasteiger partial charge in [-0.1, -0.05) is 36.4 Å². The number of ether oxygens (including phenoxy) is 1. The van der Waals surface area contributed by atoms with Gasteiger partial charge in [-0.15, -0.1) is 0 Å². The normalized spacial score (nSPS) is 22.9. The van der Waals surface area contributed by atoms with E-state index in [-0.39, 0.29) is 23.8 Å². The van der Waals surface area contributed by atoms with Crippen molar-refractivity contribution in [2.75, 3.05) is 13.2 Å². The van der Waals surface area contributed by atoms with Gasteiger partial charge in [0, 0.05) is 17.5 Å². The molecule has 2 aromatic rings. The predicted octanol–water partition coefficient (Wildman–Crippen LogP) is 4.60. The number of hydrogen-bond donors (Lipinski definition) is 1. The number of morpholine rings is 1. The number of ketones is 1. The molecular weight excluding hydrogens is 426 g/mol. The summed E-state index contributed by atoms with van der Waals surface area (Å²) in [6, 6.07) is 16.0. The van der Waals surface area contributed by atoms with Crippen LogP contribution in [0.3, 0.4) is 0 Å². The molecule has 1 amide bonds. The molecule has 2 bridgehead atoms. The highest BCUT2D eigenvalue weighted by Crippen LogP contribution is 2.31. The third kappa shape index (κ3) is 5.11. The van der Waals surface area contributed by atoms with Crippen LogP contribution in [0, 0.1) is 5.92 Å². The summed E-state index contributed by atoms with van der Waals surface area (Å²) in [6.45, 7) is 1.24. The van der Waals surface area contributed by atoms with Crippen LogP contribution < -0.4 is 0 Å². The molecule has 0 spiro atoms. The van der Waals surface area contributed by atoms with Gasteiger partial charge in [0.1, 0.15) is 0 Å². The minimum absolute atomic E-state index is 0.0227. The average molecular weight is 462 g/mol. The first-order valence-corrected chi connectivity index (χ1v) is 12.9. The number of piperidine rings is 1. The topological polar surface area (TPSA) is 66.8 Å². The van der Waals surface area contributed by atoms with Crippen molar-refractivity contribution < 1.29 is 19.4 Å². The van der Waals surface area contributed by atoms with Gasteiger partial charge < -0.3 is 14.7 Å². The van der Waals surface area contributed by atoms with Gasteiger partial charge in [0.25, 0.3) is 5.91 Å². The summed E-state index contributed by atoms with van der Waals surface area (Å²) < 4.78 is 5.65. The Hall–Kier alpha value is -2.50. The zero-order valence-corrected chi connectivity index (χ0v) is 19.8. The third-order valence-electron chi connectivity index (χ3n) is 7.92. The number of amides is 1. The molecule has 2 unspecified atom stereocenters. The van der Waals surface area contributed by atoms with Gasteiger partial charge in [0.05, 0.1) is 31.4 Å². The van der Waals surface area contributed by atoms with Crippen LogP contribution in [-0.2, 0) is 17.6 Å². The smallest absolute Gasteiger partial charge is 0.254 e. The van der Waals surface area contributed by atoms with Gasteiger partial charge >= 0.3 is 0 Å². The van der Waals surface area contributed by atoms with Gasteiger partial charge in [0.2, 0.25) is 0 Å². The van der Waals surface area contributed by atoms with Crippen molar-refractivity contribution in [3.05, 3.63) is 70.8 Å². The highest BCUT2D eigenvalue weighted by molar-refractivity contribution is 5.99. The van der Waals surface area contributed by atoms with E-state index in [1.54, 1.807) is 24.3 Å². The van der Waals surface area contributed by atoms with Crippen LogP contribution in [0.15, 0.2) is 48.5 Å². The molecule has 5 heteroatoms. The lowest BCUT2D eigenvalue weighted by Gasteiger charge is -2.45. The standard InChI is InChI=1S/C29H35NO4/c31-27(13-8-20-16-23-4-1-2-5-24(23)17-20)14-15-28(32)21-9-11-22(12-10-21)29(33)30-25-6-3-7-26(30)19-34-18-25/h1-2,4-5,9-12,20,25-27,31H,3,6-8,13-19H2/t25?,26?,27-/m0/s1. The fraction of sp³-hybridized carbons (Fsp3) is 0.517. The van der Waals surface area contributed by atoms with E-state index >= 15 is 0 Å².